The van der Waals surface area contributed by atoms with E-state index >= 15 is 0 Å². The van der Waals surface area contributed by atoms with E-state index in [0.29, 0.717) is 43.1 Å². The summed E-state index contributed by atoms with van der Waals surface area (Å²) in [7, 11) is 0. The lowest BCUT2D eigenvalue weighted by Crippen LogP contribution is -2.20. The number of unbranched alkanes of at least 4 members (excludes halogenated alkanes) is 3. The van der Waals surface area contributed by atoms with E-state index in [0.717, 1.165) is 77.0 Å². The van der Waals surface area contributed by atoms with Crippen LogP contribution >= 0.6 is 0 Å². The van der Waals surface area contributed by atoms with Gasteiger partial charge in [-0.25, -0.2) is 9.59 Å². The van der Waals surface area contributed by atoms with Crippen LogP contribution in [-0.4, -0.2) is 36.9 Å². The van der Waals surface area contributed by atoms with Gasteiger partial charge in [0, 0.05) is 5.56 Å². The summed E-state index contributed by atoms with van der Waals surface area (Å²) in [4.78, 5) is 26.0. The molecule has 4 atom stereocenters. The van der Waals surface area contributed by atoms with E-state index in [1.54, 1.807) is 12.1 Å². The second-order valence-electron chi connectivity index (χ2n) is 10.9. The van der Waals surface area contributed by atoms with Gasteiger partial charge in [0.25, 0.3) is 0 Å². The molecule has 1 N–H and O–H groups in total. The second-order valence-corrected chi connectivity index (χ2v) is 10.9. The SMILES string of the molecule is CCCCC(CC)COC(=O)c1ccc(C(=O)OCC(CC)CCCC)c(C(O)OCC(CC)CCCC)c1. The van der Waals surface area contributed by atoms with Crippen molar-refractivity contribution in [3.63, 3.8) is 0 Å². The largest absolute Gasteiger partial charge is 0.462 e. The number of carbonyl (C=O) groups excluding carboxylic acids is 2. The fourth-order valence-electron chi connectivity index (χ4n) is 4.64. The Bertz CT molecular complexity index is 807. The molecule has 0 spiro atoms. The molecule has 0 fully saturated rings. The van der Waals surface area contributed by atoms with Gasteiger partial charge in [0.15, 0.2) is 6.29 Å². The highest BCUT2D eigenvalue weighted by Crippen LogP contribution is 2.26. The summed E-state index contributed by atoms with van der Waals surface area (Å²) in [6.07, 6.45) is 11.2. The lowest BCUT2D eigenvalue weighted by molar-refractivity contribution is -0.115. The lowest BCUT2D eigenvalue weighted by Gasteiger charge is -2.21. The summed E-state index contributed by atoms with van der Waals surface area (Å²) in [5.74, 6) is -0.0219. The Hall–Kier alpha value is -1.92. The van der Waals surface area contributed by atoms with Gasteiger partial charge < -0.3 is 19.3 Å². The molecule has 6 nitrogen and oxygen atoms in total. The number of carbonyl (C=O) groups is 2. The fourth-order valence-corrected chi connectivity index (χ4v) is 4.64. The van der Waals surface area contributed by atoms with E-state index in [1.165, 1.54) is 6.07 Å². The molecular weight excluding hydrogens is 492 g/mol. The maximum atomic E-state index is 13.1. The molecule has 39 heavy (non-hydrogen) atoms. The molecule has 6 heteroatoms. The third-order valence-corrected chi connectivity index (χ3v) is 7.79. The van der Waals surface area contributed by atoms with Gasteiger partial charge in [-0.2, -0.15) is 0 Å². The lowest BCUT2D eigenvalue weighted by atomic mass is 9.99. The second kappa shape index (κ2) is 20.9. The van der Waals surface area contributed by atoms with Gasteiger partial charge in [-0.05, 0) is 55.2 Å². The number of hydrogen-bond donors (Lipinski definition) is 1. The Kier molecular flexibility index (Phi) is 18.8. The third kappa shape index (κ3) is 13.3. The van der Waals surface area contributed by atoms with Crippen LogP contribution in [0.15, 0.2) is 18.2 Å². The van der Waals surface area contributed by atoms with Crippen LogP contribution in [0.1, 0.15) is 151 Å². The average Bonchev–Trinajstić information content (AvgIpc) is 2.96. The van der Waals surface area contributed by atoms with Gasteiger partial charge in [0.1, 0.15) is 0 Å². The minimum Gasteiger partial charge on any atom is -0.462 e. The highest BCUT2D eigenvalue weighted by atomic mass is 16.6. The summed E-state index contributed by atoms with van der Waals surface area (Å²) < 4.78 is 17.2. The fraction of sp³-hybridized carbons (Fsp3) is 0.758. The standard InChI is InChI=1S/C33H56O6/c1-7-13-16-25(10-4)22-37-31(34)28-19-20-29(32(35)38-23-26(11-5)17-14-8-2)30(21-28)33(36)39-24-27(12-6)18-15-9-3/h19-21,25-27,33,36H,7-18,22-24H2,1-6H3. The van der Waals surface area contributed by atoms with Crippen molar-refractivity contribution in [1.82, 2.24) is 0 Å². The van der Waals surface area contributed by atoms with Gasteiger partial charge in [0.2, 0.25) is 0 Å². The topological polar surface area (TPSA) is 82.1 Å². The maximum Gasteiger partial charge on any atom is 0.338 e. The van der Waals surface area contributed by atoms with Crippen LogP contribution in [0.25, 0.3) is 0 Å². The van der Waals surface area contributed by atoms with E-state index in [2.05, 4.69) is 41.5 Å². The van der Waals surface area contributed by atoms with Crippen molar-refractivity contribution >= 4 is 11.9 Å². The highest BCUT2D eigenvalue weighted by molar-refractivity contribution is 5.95. The van der Waals surface area contributed by atoms with Crippen molar-refractivity contribution in [3.8, 4) is 0 Å². The zero-order chi connectivity index (χ0) is 29.0. The summed E-state index contributed by atoms with van der Waals surface area (Å²) in [5, 5.41) is 11.0. The van der Waals surface area contributed by atoms with Crippen LogP contribution in [0.4, 0.5) is 0 Å². The van der Waals surface area contributed by atoms with E-state index in [9.17, 15) is 14.7 Å². The Morgan fingerprint density at radius 2 is 1.15 bits per heavy atom. The molecule has 0 heterocycles. The minimum atomic E-state index is -1.34. The number of esters is 2. The molecule has 224 valence electrons. The van der Waals surface area contributed by atoms with Crippen LogP contribution in [0.3, 0.4) is 0 Å². The first kappa shape index (κ1) is 35.1. The number of rotatable bonds is 22. The number of ether oxygens (including phenoxy) is 3. The average molecular weight is 549 g/mol. The van der Waals surface area contributed by atoms with Crippen LogP contribution in [0.5, 0.6) is 0 Å². The summed E-state index contributed by atoms with van der Waals surface area (Å²) in [6.45, 7) is 13.9. The van der Waals surface area contributed by atoms with E-state index in [4.69, 9.17) is 14.2 Å². The van der Waals surface area contributed by atoms with Crippen molar-refractivity contribution in [3.05, 3.63) is 34.9 Å². The molecule has 0 radical (unpaired) electrons. The van der Waals surface area contributed by atoms with Crippen LogP contribution in [0, 0.1) is 17.8 Å². The molecular formula is C33H56O6. The summed E-state index contributed by atoms with van der Waals surface area (Å²) >= 11 is 0. The molecule has 1 rings (SSSR count). The molecule has 0 saturated carbocycles. The number of benzene rings is 1. The Morgan fingerprint density at radius 3 is 1.62 bits per heavy atom. The molecule has 1 aromatic carbocycles. The summed E-state index contributed by atoms with van der Waals surface area (Å²) in [5.41, 5.74) is 0.766. The Balaban J connectivity index is 3.09. The number of aliphatic hydroxyl groups excluding tert-OH is 1. The smallest absolute Gasteiger partial charge is 0.338 e. The van der Waals surface area contributed by atoms with Crippen molar-refractivity contribution in [2.45, 2.75) is 125 Å². The normalized spacial score (nSPS) is 14.4. The molecule has 1 aromatic rings. The molecule has 0 bridgehead atoms. The zero-order valence-electron chi connectivity index (χ0n) is 25.6. The van der Waals surface area contributed by atoms with Gasteiger partial charge >= 0.3 is 11.9 Å². The number of aliphatic hydroxyl groups is 1. The molecule has 0 aliphatic rings. The Morgan fingerprint density at radius 1 is 0.692 bits per heavy atom. The first-order valence-electron chi connectivity index (χ1n) is 15.6. The Labute approximate surface area is 238 Å². The monoisotopic (exact) mass is 548 g/mol. The van der Waals surface area contributed by atoms with E-state index < -0.39 is 18.2 Å². The predicted octanol–water partition coefficient (Wildman–Crippen LogP) is 8.66. The van der Waals surface area contributed by atoms with Crippen molar-refractivity contribution < 1.29 is 28.9 Å². The molecule has 0 amide bonds. The van der Waals surface area contributed by atoms with Gasteiger partial charge in [-0.1, -0.05) is 99.3 Å². The van der Waals surface area contributed by atoms with Crippen molar-refractivity contribution in [1.29, 1.82) is 0 Å². The molecule has 0 aromatic heterocycles. The third-order valence-electron chi connectivity index (χ3n) is 7.79. The highest BCUT2D eigenvalue weighted by Gasteiger charge is 2.24. The van der Waals surface area contributed by atoms with Gasteiger partial charge in [-0.3, -0.25) is 0 Å². The predicted molar refractivity (Wildman–Crippen MR) is 158 cm³/mol. The molecule has 0 aliphatic carbocycles. The van der Waals surface area contributed by atoms with Gasteiger partial charge in [0.05, 0.1) is 30.9 Å². The molecule has 4 unspecified atom stereocenters. The quantitative estimate of drug-likeness (QED) is 0.115. The van der Waals surface area contributed by atoms with Crippen LogP contribution in [0.2, 0.25) is 0 Å². The number of hydrogen-bond acceptors (Lipinski definition) is 6. The first-order valence-corrected chi connectivity index (χ1v) is 15.6. The van der Waals surface area contributed by atoms with Crippen molar-refractivity contribution in [2.75, 3.05) is 19.8 Å². The van der Waals surface area contributed by atoms with Crippen LogP contribution in [-0.2, 0) is 14.2 Å². The van der Waals surface area contributed by atoms with E-state index in [-0.39, 0.29) is 11.1 Å². The summed E-state index contributed by atoms with van der Waals surface area (Å²) in [6, 6.07) is 4.65. The molecule has 0 aliphatic heterocycles. The minimum absolute atomic E-state index is 0.223. The molecule has 0 saturated heterocycles. The van der Waals surface area contributed by atoms with Crippen molar-refractivity contribution in [2.24, 2.45) is 17.8 Å². The van der Waals surface area contributed by atoms with Crippen LogP contribution < -0.4 is 0 Å². The van der Waals surface area contributed by atoms with Gasteiger partial charge in [-0.15, -0.1) is 0 Å². The maximum absolute atomic E-state index is 13.1. The first-order chi connectivity index (χ1) is 18.8. The van der Waals surface area contributed by atoms with E-state index in [1.807, 2.05) is 0 Å². The zero-order valence-corrected chi connectivity index (χ0v) is 25.6.